The molecule has 2 heterocycles. The number of benzene rings is 1. The van der Waals surface area contributed by atoms with Gasteiger partial charge in [0.25, 0.3) is 0 Å². The number of nitrogens with zero attached hydrogens (tertiary/aromatic N) is 1. The summed E-state index contributed by atoms with van der Waals surface area (Å²) in [5.41, 5.74) is 0.681. The van der Waals surface area contributed by atoms with E-state index in [9.17, 15) is 5.11 Å². The SMILES string of the molecule is CCCN1CCC2(CC1)CC(O)c1ccc(OC)cc1O2. The molecule has 0 saturated carbocycles. The van der Waals surface area contributed by atoms with Crippen LogP contribution in [-0.2, 0) is 0 Å². The van der Waals surface area contributed by atoms with Crippen molar-refractivity contribution in [2.24, 2.45) is 0 Å². The van der Waals surface area contributed by atoms with Gasteiger partial charge in [0.05, 0.1) is 13.2 Å². The number of hydrogen-bond donors (Lipinski definition) is 1. The topological polar surface area (TPSA) is 41.9 Å². The summed E-state index contributed by atoms with van der Waals surface area (Å²) >= 11 is 0. The van der Waals surface area contributed by atoms with E-state index in [2.05, 4.69) is 11.8 Å². The minimum atomic E-state index is -0.433. The zero-order valence-corrected chi connectivity index (χ0v) is 13.0. The van der Waals surface area contributed by atoms with E-state index in [4.69, 9.17) is 9.47 Å². The van der Waals surface area contributed by atoms with Crippen LogP contribution in [0, 0.1) is 0 Å². The molecular formula is C17H25NO3. The minimum absolute atomic E-state index is 0.205. The number of aliphatic hydroxyl groups is 1. The smallest absolute Gasteiger partial charge is 0.129 e. The number of hydrogen-bond acceptors (Lipinski definition) is 4. The molecule has 0 radical (unpaired) electrons. The highest BCUT2D eigenvalue weighted by atomic mass is 16.5. The van der Waals surface area contributed by atoms with Gasteiger partial charge in [-0.1, -0.05) is 6.92 Å². The number of piperidine rings is 1. The fourth-order valence-corrected chi connectivity index (χ4v) is 3.55. The third kappa shape index (κ3) is 2.87. The molecule has 4 heteroatoms. The van der Waals surface area contributed by atoms with E-state index in [-0.39, 0.29) is 5.60 Å². The van der Waals surface area contributed by atoms with Crippen molar-refractivity contribution >= 4 is 0 Å². The molecule has 1 saturated heterocycles. The fourth-order valence-electron chi connectivity index (χ4n) is 3.55. The second-order valence-electron chi connectivity index (χ2n) is 6.25. The van der Waals surface area contributed by atoms with Gasteiger partial charge in [0, 0.05) is 31.1 Å². The molecule has 4 nitrogen and oxygen atoms in total. The molecule has 0 aliphatic carbocycles. The van der Waals surface area contributed by atoms with Crippen molar-refractivity contribution in [2.45, 2.75) is 44.3 Å². The maximum Gasteiger partial charge on any atom is 0.129 e. The van der Waals surface area contributed by atoms with Gasteiger partial charge in [-0.2, -0.15) is 0 Å². The summed E-state index contributed by atoms with van der Waals surface area (Å²) in [6, 6.07) is 5.70. The molecule has 21 heavy (non-hydrogen) atoms. The summed E-state index contributed by atoms with van der Waals surface area (Å²) in [5.74, 6) is 1.57. The van der Waals surface area contributed by atoms with Crippen molar-refractivity contribution in [3.63, 3.8) is 0 Å². The van der Waals surface area contributed by atoms with Crippen molar-refractivity contribution in [1.82, 2.24) is 4.90 Å². The van der Waals surface area contributed by atoms with E-state index in [1.54, 1.807) is 7.11 Å². The van der Waals surface area contributed by atoms with Crippen molar-refractivity contribution in [3.05, 3.63) is 23.8 Å². The number of likely N-dealkylation sites (tertiary alicyclic amines) is 1. The van der Waals surface area contributed by atoms with E-state index in [1.165, 1.54) is 6.42 Å². The predicted octanol–water partition coefficient (Wildman–Crippen LogP) is 2.76. The molecule has 2 aliphatic rings. The van der Waals surface area contributed by atoms with E-state index in [1.807, 2.05) is 18.2 Å². The average Bonchev–Trinajstić information content (AvgIpc) is 2.49. The zero-order valence-electron chi connectivity index (χ0n) is 13.0. The first kappa shape index (κ1) is 14.7. The van der Waals surface area contributed by atoms with Crippen LogP contribution in [0.4, 0.5) is 0 Å². The molecule has 1 aromatic rings. The standard InChI is InChI=1S/C17H25NO3/c1-3-8-18-9-6-17(7-10-18)12-15(19)14-5-4-13(20-2)11-16(14)21-17/h4-5,11,15,19H,3,6-10,12H2,1-2H3. The molecule has 0 amide bonds. The summed E-state index contributed by atoms with van der Waals surface area (Å²) in [7, 11) is 1.65. The Hall–Kier alpha value is -1.26. The maximum atomic E-state index is 10.5. The normalized spacial score (nSPS) is 24.4. The number of fused-ring (bicyclic) bond motifs is 1. The molecule has 0 bridgehead atoms. The van der Waals surface area contributed by atoms with E-state index in [0.29, 0.717) is 6.42 Å². The van der Waals surface area contributed by atoms with Gasteiger partial charge in [-0.25, -0.2) is 0 Å². The summed E-state index contributed by atoms with van der Waals surface area (Å²) in [6.07, 6.45) is 3.43. The van der Waals surface area contributed by atoms with Crippen LogP contribution in [0.2, 0.25) is 0 Å². The highest BCUT2D eigenvalue weighted by Crippen LogP contribution is 2.45. The first-order valence-electron chi connectivity index (χ1n) is 7.93. The second-order valence-corrected chi connectivity index (χ2v) is 6.25. The third-order valence-electron chi connectivity index (χ3n) is 4.78. The molecule has 3 rings (SSSR count). The lowest BCUT2D eigenvalue weighted by Crippen LogP contribution is -2.50. The van der Waals surface area contributed by atoms with Gasteiger partial charge in [-0.05, 0) is 37.9 Å². The van der Waals surface area contributed by atoms with E-state index in [0.717, 1.165) is 49.5 Å². The Bertz CT molecular complexity index is 495. The van der Waals surface area contributed by atoms with Crippen LogP contribution in [0.1, 0.15) is 44.3 Å². The number of aliphatic hydroxyl groups excluding tert-OH is 1. The first-order chi connectivity index (χ1) is 10.2. The van der Waals surface area contributed by atoms with Crippen LogP contribution >= 0.6 is 0 Å². The quantitative estimate of drug-likeness (QED) is 0.930. The van der Waals surface area contributed by atoms with Crippen molar-refractivity contribution in [1.29, 1.82) is 0 Å². The van der Waals surface area contributed by atoms with E-state index < -0.39 is 6.10 Å². The molecule has 1 spiro atoms. The first-order valence-corrected chi connectivity index (χ1v) is 7.93. The van der Waals surface area contributed by atoms with Gasteiger partial charge < -0.3 is 19.5 Å². The lowest BCUT2D eigenvalue weighted by Gasteiger charge is -2.46. The van der Waals surface area contributed by atoms with Crippen LogP contribution in [-0.4, -0.2) is 42.4 Å². The van der Waals surface area contributed by atoms with Crippen molar-refractivity contribution in [3.8, 4) is 11.5 Å². The van der Waals surface area contributed by atoms with Crippen LogP contribution in [0.3, 0.4) is 0 Å². The molecule has 1 fully saturated rings. The highest BCUT2D eigenvalue weighted by molar-refractivity contribution is 5.44. The van der Waals surface area contributed by atoms with Gasteiger partial charge in [0.2, 0.25) is 0 Å². The molecule has 1 N–H and O–H groups in total. The van der Waals surface area contributed by atoms with Crippen LogP contribution in [0.25, 0.3) is 0 Å². The number of rotatable bonds is 3. The van der Waals surface area contributed by atoms with Crippen LogP contribution in [0.5, 0.6) is 11.5 Å². The molecule has 0 aromatic heterocycles. The summed E-state index contributed by atoms with van der Waals surface area (Å²) in [5, 5.41) is 10.5. The molecule has 1 aromatic carbocycles. The van der Waals surface area contributed by atoms with Gasteiger partial charge in [-0.15, -0.1) is 0 Å². The van der Waals surface area contributed by atoms with E-state index >= 15 is 0 Å². The molecule has 116 valence electrons. The van der Waals surface area contributed by atoms with Gasteiger partial charge in [0.15, 0.2) is 0 Å². The predicted molar refractivity (Wildman–Crippen MR) is 81.9 cm³/mol. The number of ether oxygens (including phenoxy) is 2. The third-order valence-corrected chi connectivity index (χ3v) is 4.78. The Balaban J connectivity index is 1.78. The largest absolute Gasteiger partial charge is 0.497 e. The summed E-state index contributed by atoms with van der Waals surface area (Å²) < 4.78 is 11.6. The van der Waals surface area contributed by atoms with Gasteiger partial charge in [0.1, 0.15) is 17.1 Å². The zero-order chi connectivity index (χ0) is 14.9. The monoisotopic (exact) mass is 291 g/mol. The molecule has 1 atom stereocenters. The van der Waals surface area contributed by atoms with Gasteiger partial charge >= 0.3 is 0 Å². The lowest BCUT2D eigenvalue weighted by atomic mass is 9.81. The fraction of sp³-hybridized carbons (Fsp3) is 0.647. The Morgan fingerprint density at radius 3 is 2.81 bits per heavy atom. The minimum Gasteiger partial charge on any atom is -0.497 e. The average molecular weight is 291 g/mol. The maximum absolute atomic E-state index is 10.5. The number of methoxy groups -OCH3 is 1. The van der Waals surface area contributed by atoms with Crippen molar-refractivity contribution in [2.75, 3.05) is 26.7 Å². The van der Waals surface area contributed by atoms with Crippen LogP contribution in [0.15, 0.2) is 18.2 Å². The molecule has 2 aliphatic heterocycles. The Morgan fingerprint density at radius 1 is 1.38 bits per heavy atom. The molecule has 1 unspecified atom stereocenters. The Morgan fingerprint density at radius 2 is 2.14 bits per heavy atom. The van der Waals surface area contributed by atoms with Crippen molar-refractivity contribution < 1.29 is 14.6 Å². The lowest BCUT2D eigenvalue weighted by molar-refractivity contribution is -0.0539. The van der Waals surface area contributed by atoms with Gasteiger partial charge in [-0.3, -0.25) is 0 Å². The highest BCUT2D eigenvalue weighted by Gasteiger charge is 2.42. The molecular weight excluding hydrogens is 266 g/mol. The second kappa shape index (κ2) is 5.85. The Labute approximate surface area is 126 Å². The van der Waals surface area contributed by atoms with Crippen LogP contribution < -0.4 is 9.47 Å². The summed E-state index contributed by atoms with van der Waals surface area (Å²) in [4.78, 5) is 2.49. The Kier molecular flexibility index (Phi) is 4.09. The summed E-state index contributed by atoms with van der Waals surface area (Å²) in [6.45, 7) is 5.48.